The van der Waals surface area contributed by atoms with Crippen LogP contribution in [0.5, 0.6) is 5.75 Å². The number of fused-ring (bicyclic) bond motifs is 4. The van der Waals surface area contributed by atoms with Gasteiger partial charge < -0.3 is 19.4 Å². The molecule has 282 valence electrons. The van der Waals surface area contributed by atoms with E-state index in [4.69, 9.17) is 16.3 Å². The van der Waals surface area contributed by atoms with Gasteiger partial charge in [0.1, 0.15) is 17.6 Å². The molecule has 2 bridgehead atoms. The van der Waals surface area contributed by atoms with Gasteiger partial charge in [-0.3, -0.25) is 14.5 Å². The highest BCUT2D eigenvalue weighted by Gasteiger charge is 2.45. The quantitative estimate of drug-likeness (QED) is 0.427. The third kappa shape index (κ3) is 7.08. The molecule has 0 aromatic heterocycles. The number of nitrogens with one attached hydrogen (secondary N) is 1. The van der Waals surface area contributed by atoms with Gasteiger partial charge in [0, 0.05) is 60.8 Å². The van der Waals surface area contributed by atoms with Crippen LogP contribution in [-0.4, -0.2) is 111 Å². The molecule has 2 amide bonds. The standard InChI is InChI=1S/C39H51ClFN5O5S/c1-25-9-13-33(41)36(38(48)44-18-17-43(4)26(2)21-44)46-16-6-8-31(46)22-45-23-39(15-5-7-28-19-30(40)11-12-32(28)39)24-51-35-14-10-29(20-34(35)45)37(47)42-52(49,50)27(25)3/h10-14,19-20,25-27,31,36H,5-9,15-18,21-24H2,1-4H3,(H,42,47)/b33-13-/t25-,26-,27+,31-,36+,39-/m0/s1. The van der Waals surface area contributed by atoms with Crippen LogP contribution in [-0.2, 0) is 26.7 Å². The van der Waals surface area contributed by atoms with Crippen molar-refractivity contribution in [1.82, 2.24) is 19.4 Å². The van der Waals surface area contributed by atoms with E-state index in [0.717, 1.165) is 32.1 Å². The van der Waals surface area contributed by atoms with E-state index in [-0.39, 0.29) is 30.0 Å². The van der Waals surface area contributed by atoms with E-state index in [1.807, 2.05) is 24.1 Å². The van der Waals surface area contributed by atoms with Crippen LogP contribution in [0.3, 0.4) is 0 Å². The molecule has 4 aliphatic heterocycles. The molecule has 0 saturated carbocycles. The van der Waals surface area contributed by atoms with Crippen LogP contribution in [0.25, 0.3) is 0 Å². The number of hydrogen-bond donors (Lipinski definition) is 1. The lowest BCUT2D eigenvalue weighted by atomic mass is 9.70. The number of aryl methyl sites for hydroxylation is 1. The van der Waals surface area contributed by atoms with Crippen molar-refractivity contribution in [2.24, 2.45) is 5.92 Å². The van der Waals surface area contributed by atoms with E-state index < -0.39 is 44.4 Å². The first kappa shape index (κ1) is 37.1. The Morgan fingerprint density at radius 1 is 1.06 bits per heavy atom. The third-order valence-electron chi connectivity index (χ3n) is 12.5. The Morgan fingerprint density at radius 2 is 1.87 bits per heavy atom. The molecule has 0 radical (unpaired) electrons. The zero-order valence-electron chi connectivity index (χ0n) is 30.6. The molecule has 13 heteroatoms. The molecule has 2 saturated heterocycles. The fourth-order valence-corrected chi connectivity index (χ4v) is 10.4. The zero-order chi connectivity index (χ0) is 36.9. The average molecular weight is 756 g/mol. The van der Waals surface area contributed by atoms with Gasteiger partial charge in [-0.2, -0.15) is 0 Å². The molecule has 10 nitrogen and oxygen atoms in total. The summed E-state index contributed by atoms with van der Waals surface area (Å²) in [7, 11) is -2.09. The Hall–Kier alpha value is -3.19. The highest BCUT2D eigenvalue weighted by molar-refractivity contribution is 7.90. The van der Waals surface area contributed by atoms with E-state index in [2.05, 4.69) is 27.5 Å². The van der Waals surface area contributed by atoms with Crippen LogP contribution >= 0.6 is 11.6 Å². The predicted molar refractivity (Wildman–Crippen MR) is 201 cm³/mol. The monoisotopic (exact) mass is 755 g/mol. The number of hydrogen-bond acceptors (Lipinski definition) is 8. The lowest BCUT2D eigenvalue weighted by molar-refractivity contribution is -0.139. The van der Waals surface area contributed by atoms with Crippen LogP contribution in [0.1, 0.15) is 74.4 Å². The molecule has 2 aromatic carbocycles. The number of carbonyl (C=O) groups excluding carboxylic acids is 2. The number of benzene rings is 2. The molecule has 4 heterocycles. The summed E-state index contributed by atoms with van der Waals surface area (Å²) in [5, 5.41) is -0.309. The topological polar surface area (TPSA) is 102 Å². The Labute approximate surface area is 312 Å². The molecule has 7 rings (SSSR count). The minimum absolute atomic E-state index is 0.0950. The van der Waals surface area contributed by atoms with Crippen molar-refractivity contribution >= 4 is 39.1 Å². The number of anilines is 1. The SMILES string of the molecule is C[C@@H]1[C@@H](C)C/C=C(\F)[C@H](C(=O)N2CCN(C)[C@@H](C)C2)N2CCC[C@H]2CN2C[C@@]3(CCCc4cc(Cl)ccc43)COc3ccc(cc32)C(=O)NS1(=O)=O. The molecular formula is C39H51ClFN5O5S. The van der Waals surface area contributed by atoms with Crippen molar-refractivity contribution in [1.29, 1.82) is 0 Å². The van der Waals surface area contributed by atoms with Crippen molar-refractivity contribution in [3.63, 3.8) is 0 Å². The average Bonchev–Trinajstić information content (AvgIpc) is 3.50. The molecule has 2 fully saturated rings. The fraction of sp³-hybridized carbons (Fsp3) is 0.590. The van der Waals surface area contributed by atoms with Crippen LogP contribution < -0.4 is 14.4 Å². The van der Waals surface area contributed by atoms with E-state index in [1.54, 1.807) is 30.0 Å². The molecule has 6 atom stereocenters. The highest BCUT2D eigenvalue weighted by atomic mass is 35.5. The second-order valence-corrected chi connectivity index (χ2v) is 18.3. The first-order valence-corrected chi connectivity index (χ1v) is 20.7. The number of amides is 2. The van der Waals surface area contributed by atoms with Crippen molar-refractivity contribution in [3.8, 4) is 5.75 Å². The summed E-state index contributed by atoms with van der Waals surface area (Å²) in [6, 6.07) is 10.00. The van der Waals surface area contributed by atoms with Gasteiger partial charge in [-0.1, -0.05) is 30.7 Å². The number of halogens is 2. The van der Waals surface area contributed by atoms with E-state index in [0.29, 0.717) is 62.3 Å². The summed E-state index contributed by atoms with van der Waals surface area (Å²) in [4.78, 5) is 36.4. The van der Waals surface area contributed by atoms with Crippen molar-refractivity contribution < 1.29 is 27.1 Å². The van der Waals surface area contributed by atoms with Gasteiger partial charge in [0.2, 0.25) is 15.9 Å². The number of rotatable bonds is 1. The minimum atomic E-state index is -4.12. The van der Waals surface area contributed by atoms with E-state index >= 15 is 4.39 Å². The summed E-state index contributed by atoms with van der Waals surface area (Å²) in [6.07, 6.45) is 5.82. The van der Waals surface area contributed by atoms with Gasteiger partial charge in [-0.05, 0) is 113 Å². The van der Waals surface area contributed by atoms with E-state index in [1.165, 1.54) is 24.1 Å². The summed E-state index contributed by atoms with van der Waals surface area (Å²) >= 11 is 6.46. The molecular weight excluding hydrogens is 705 g/mol. The van der Waals surface area contributed by atoms with Gasteiger partial charge in [0.25, 0.3) is 5.91 Å². The number of allylic oxidation sites excluding steroid dienone is 1. The van der Waals surface area contributed by atoms with Crippen LogP contribution in [0.15, 0.2) is 48.3 Å². The van der Waals surface area contributed by atoms with Gasteiger partial charge in [0.15, 0.2) is 0 Å². The maximum atomic E-state index is 16.8. The Balaban J connectivity index is 1.33. The maximum Gasteiger partial charge on any atom is 0.264 e. The van der Waals surface area contributed by atoms with Crippen molar-refractivity contribution in [2.45, 2.75) is 88.1 Å². The summed E-state index contributed by atoms with van der Waals surface area (Å²) in [5.41, 5.74) is 2.87. The molecule has 1 spiro atoms. The second-order valence-electron chi connectivity index (χ2n) is 15.8. The molecule has 1 N–H and O–H groups in total. The minimum Gasteiger partial charge on any atom is -0.490 e. The Bertz CT molecular complexity index is 1860. The molecule has 0 unspecified atom stereocenters. The molecule has 52 heavy (non-hydrogen) atoms. The first-order chi connectivity index (χ1) is 24.8. The zero-order valence-corrected chi connectivity index (χ0v) is 32.2. The smallest absolute Gasteiger partial charge is 0.264 e. The largest absolute Gasteiger partial charge is 0.490 e. The lowest BCUT2D eigenvalue weighted by Gasteiger charge is -2.43. The van der Waals surface area contributed by atoms with Crippen LogP contribution in [0.2, 0.25) is 5.02 Å². The number of nitrogens with zero attached hydrogens (tertiary/aromatic N) is 4. The van der Waals surface area contributed by atoms with Gasteiger partial charge in [-0.25, -0.2) is 17.5 Å². The maximum absolute atomic E-state index is 16.8. The molecule has 5 aliphatic rings. The molecule has 1 aliphatic carbocycles. The van der Waals surface area contributed by atoms with E-state index in [9.17, 15) is 18.0 Å². The molecule has 2 aromatic rings. The lowest BCUT2D eigenvalue weighted by Crippen LogP contribution is -2.59. The summed E-state index contributed by atoms with van der Waals surface area (Å²) in [6.45, 7) is 9.04. The second kappa shape index (κ2) is 14.6. The van der Waals surface area contributed by atoms with Crippen LogP contribution in [0.4, 0.5) is 10.1 Å². The normalized spacial score (nSPS) is 32.5. The van der Waals surface area contributed by atoms with Crippen molar-refractivity contribution in [3.05, 3.63) is 70.0 Å². The van der Waals surface area contributed by atoms with Gasteiger partial charge in [0.05, 0.1) is 17.5 Å². The Kier molecular flexibility index (Phi) is 10.4. The predicted octanol–water partition coefficient (Wildman–Crippen LogP) is 5.15. The highest BCUT2D eigenvalue weighted by Crippen LogP contribution is 2.45. The number of likely N-dealkylation sites (N-methyl/N-ethyl adjacent to an activating group) is 1. The Morgan fingerprint density at radius 3 is 2.65 bits per heavy atom. The van der Waals surface area contributed by atoms with Crippen molar-refractivity contribution in [2.75, 3.05) is 57.8 Å². The summed E-state index contributed by atoms with van der Waals surface area (Å²) < 4.78 is 52.7. The fourth-order valence-electron chi connectivity index (χ4n) is 8.93. The van der Waals surface area contributed by atoms with Crippen LogP contribution in [0, 0.1) is 5.92 Å². The third-order valence-corrected chi connectivity index (χ3v) is 14.6. The summed E-state index contributed by atoms with van der Waals surface area (Å²) in [5.74, 6) is -1.46. The van der Waals surface area contributed by atoms with Gasteiger partial charge >= 0.3 is 0 Å². The number of carbonyl (C=O) groups is 2. The number of ether oxygens (including phenoxy) is 1. The number of sulfonamides is 1. The number of piperazine rings is 1. The first-order valence-electron chi connectivity index (χ1n) is 18.7. The van der Waals surface area contributed by atoms with Gasteiger partial charge in [-0.15, -0.1) is 0 Å².